The summed E-state index contributed by atoms with van der Waals surface area (Å²) in [4.78, 5) is 19.3. The Morgan fingerprint density at radius 2 is 1.65 bits per heavy atom. The zero-order valence-electron chi connectivity index (χ0n) is 18.3. The molecule has 6 nitrogen and oxygen atoms in total. The molecule has 0 unspecified atom stereocenters. The number of hydrogen-bond donors (Lipinski definition) is 1. The molecular formula is C25H34N4O2. The van der Waals surface area contributed by atoms with Crippen LogP contribution in [0.25, 0.3) is 0 Å². The number of piperazine rings is 1. The summed E-state index contributed by atoms with van der Waals surface area (Å²) in [6.45, 7) is 7.91. The number of nitrogens with two attached hydrogens (primary N) is 1. The van der Waals surface area contributed by atoms with Crippen molar-refractivity contribution in [1.82, 2.24) is 14.7 Å². The van der Waals surface area contributed by atoms with E-state index >= 15 is 0 Å². The Kier molecular flexibility index (Phi) is 7.57. The molecule has 2 aliphatic heterocycles. The molecule has 1 amide bonds. The van der Waals surface area contributed by atoms with Gasteiger partial charge in [0.1, 0.15) is 18.4 Å². The van der Waals surface area contributed by atoms with Crippen molar-refractivity contribution in [3.63, 3.8) is 0 Å². The smallest absolute Gasteiger partial charge is 0.236 e. The van der Waals surface area contributed by atoms with E-state index in [4.69, 9.17) is 10.5 Å². The van der Waals surface area contributed by atoms with Crippen molar-refractivity contribution < 1.29 is 9.53 Å². The first-order valence-corrected chi connectivity index (χ1v) is 11.4. The molecule has 2 saturated heterocycles. The molecule has 2 aliphatic rings. The summed E-state index contributed by atoms with van der Waals surface area (Å²) in [5.41, 5.74) is 8.19. The van der Waals surface area contributed by atoms with Crippen LogP contribution in [0.1, 0.15) is 24.0 Å². The summed E-state index contributed by atoms with van der Waals surface area (Å²) in [6, 6.07) is 18.3. The summed E-state index contributed by atoms with van der Waals surface area (Å²) in [6.07, 6.45) is 2.59. The van der Waals surface area contributed by atoms with Gasteiger partial charge in [-0.15, -0.1) is 0 Å². The number of carbonyl (C=O) groups excluding carboxylic acids is 1. The number of carbonyl (C=O) groups is 1. The summed E-state index contributed by atoms with van der Waals surface area (Å²) in [7, 11) is 0. The number of nitrogens with zero attached hydrogens (tertiary/aromatic N) is 3. The van der Waals surface area contributed by atoms with Crippen molar-refractivity contribution >= 4 is 5.91 Å². The molecule has 0 aliphatic carbocycles. The van der Waals surface area contributed by atoms with Crippen LogP contribution in [0.15, 0.2) is 54.6 Å². The van der Waals surface area contributed by atoms with Gasteiger partial charge in [0.15, 0.2) is 0 Å². The minimum atomic E-state index is -0.296. The van der Waals surface area contributed by atoms with Crippen molar-refractivity contribution in [2.24, 2.45) is 5.73 Å². The molecule has 0 aromatic heterocycles. The SMILES string of the molecule is NC(=O)[C@H]1CN(Cc2ccccc2)CCN1Cc1ccccc1OCCN1CCCC1. The normalized spacial score (nSPS) is 20.7. The standard InChI is InChI=1S/C25H34N4O2/c26-25(30)23-20-28(18-21-8-2-1-3-9-21)14-15-29(23)19-22-10-4-5-11-24(22)31-17-16-27-12-6-7-13-27/h1-5,8-11,23H,6-7,12-20H2,(H2,26,30)/t23-/m1/s1. The van der Waals surface area contributed by atoms with E-state index in [1.54, 1.807) is 0 Å². The lowest BCUT2D eigenvalue weighted by Crippen LogP contribution is -2.57. The highest BCUT2D eigenvalue weighted by Gasteiger charge is 2.31. The number of para-hydroxylation sites is 1. The van der Waals surface area contributed by atoms with Crippen LogP contribution in [0, 0.1) is 0 Å². The highest BCUT2D eigenvalue weighted by Crippen LogP contribution is 2.23. The monoisotopic (exact) mass is 422 g/mol. The first-order chi connectivity index (χ1) is 15.2. The lowest BCUT2D eigenvalue weighted by Gasteiger charge is -2.40. The Hall–Kier alpha value is -2.41. The highest BCUT2D eigenvalue weighted by molar-refractivity contribution is 5.80. The van der Waals surface area contributed by atoms with E-state index < -0.39 is 0 Å². The third-order valence-electron chi connectivity index (χ3n) is 6.36. The molecule has 0 saturated carbocycles. The van der Waals surface area contributed by atoms with Crippen LogP contribution in [0.3, 0.4) is 0 Å². The number of hydrogen-bond acceptors (Lipinski definition) is 5. The molecule has 0 bridgehead atoms. The maximum atomic E-state index is 12.3. The first-order valence-electron chi connectivity index (χ1n) is 11.4. The topological polar surface area (TPSA) is 62.0 Å². The molecular weight excluding hydrogens is 388 g/mol. The number of amides is 1. The van der Waals surface area contributed by atoms with Gasteiger partial charge in [-0.3, -0.25) is 19.5 Å². The second-order valence-corrected chi connectivity index (χ2v) is 8.61. The zero-order valence-corrected chi connectivity index (χ0v) is 18.3. The van der Waals surface area contributed by atoms with Crippen LogP contribution < -0.4 is 10.5 Å². The van der Waals surface area contributed by atoms with Crippen LogP contribution >= 0.6 is 0 Å². The van der Waals surface area contributed by atoms with Gasteiger partial charge in [-0.05, 0) is 37.6 Å². The van der Waals surface area contributed by atoms with Crippen LogP contribution in [0.4, 0.5) is 0 Å². The minimum Gasteiger partial charge on any atom is -0.492 e. The minimum absolute atomic E-state index is 0.259. The highest BCUT2D eigenvalue weighted by atomic mass is 16.5. The molecule has 6 heteroatoms. The Morgan fingerprint density at radius 3 is 2.42 bits per heavy atom. The average Bonchev–Trinajstić information content (AvgIpc) is 3.30. The van der Waals surface area contributed by atoms with Crippen LogP contribution in [0.5, 0.6) is 5.75 Å². The van der Waals surface area contributed by atoms with E-state index in [-0.39, 0.29) is 11.9 Å². The fourth-order valence-corrected chi connectivity index (χ4v) is 4.61. The van der Waals surface area contributed by atoms with E-state index in [0.29, 0.717) is 19.7 Å². The number of benzene rings is 2. The predicted molar refractivity (Wildman–Crippen MR) is 123 cm³/mol. The largest absolute Gasteiger partial charge is 0.492 e. The van der Waals surface area contributed by atoms with Gasteiger partial charge in [-0.2, -0.15) is 0 Å². The summed E-state index contributed by atoms with van der Waals surface area (Å²) < 4.78 is 6.14. The number of likely N-dealkylation sites (tertiary alicyclic amines) is 1. The molecule has 166 valence electrons. The van der Waals surface area contributed by atoms with E-state index in [9.17, 15) is 4.79 Å². The number of primary amides is 1. The third-order valence-corrected chi connectivity index (χ3v) is 6.36. The maximum absolute atomic E-state index is 12.3. The molecule has 0 spiro atoms. The summed E-state index contributed by atoms with van der Waals surface area (Å²) in [5.74, 6) is 0.654. The van der Waals surface area contributed by atoms with Crippen molar-refractivity contribution in [2.45, 2.75) is 32.0 Å². The van der Waals surface area contributed by atoms with Crippen LogP contribution in [-0.4, -0.2) is 72.5 Å². The number of ether oxygens (including phenoxy) is 1. The maximum Gasteiger partial charge on any atom is 0.236 e. The quantitative estimate of drug-likeness (QED) is 0.672. The Balaban J connectivity index is 1.36. The average molecular weight is 423 g/mol. The van der Waals surface area contributed by atoms with Gasteiger partial charge >= 0.3 is 0 Å². The first kappa shape index (κ1) is 21.8. The fourth-order valence-electron chi connectivity index (χ4n) is 4.61. The second-order valence-electron chi connectivity index (χ2n) is 8.61. The van der Waals surface area contributed by atoms with Crippen molar-refractivity contribution in [3.05, 3.63) is 65.7 Å². The van der Waals surface area contributed by atoms with Gasteiger partial charge in [-0.25, -0.2) is 0 Å². The van der Waals surface area contributed by atoms with Crippen molar-refractivity contribution in [2.75, 3.05) is 45.9 Å². The van der Waals surface area contributed by atoms with Gasteiger partial charge in [-0.1, -0.05) is 48.5 Å². The van der Waals surface area contributed by atoms with Gasteiger partial charge in [0.25, 0.3) is 0 Å². The van der Waals surface area contributed by atoms with E-state index in [1.165, 1.54) is 31.5 Å². The Labute approximate surface area is 185 Å². The zero-order chi connectivity index (χ0) is 21.5. The van der Waals surface area contributed by atoms with E-state index in [0.717, 1.165) is 37.5 Å². The Bertz CT molecular complexity index is 838. The molecule has 1 atom stereocenters. The molecule has 2 fully saturated rings. The summed E-state index contributed by atoms with van der Waals surface area (Å²) in [5, 5.41) is 0. The molecule has 2 N–H and O–H groups in total. The Morgan fingerprint density at radius 1 is 0.903 bits per heavy atom. The van der Waals surface area contributed by atoms with Crippen molar-refractivity contribution in [1.29, 1.82) is 0 Å². The molecule has 0 radical (unpaired) electrons. The van der Waals surface area contributed by atoms with Gasteiger partial charge < -0.3 is 10.5 Å². The molecule has 31 heavy (non-hydrogen) atoms. The van der Waals surface area contributed by atoms with Gasteiger partial charge in [0.2, 0.25) is 5.91 Å². The second kappa shape index (κ2) is 10.8. The lowest BCUT2D eigenvalue weighted by atomic mass is 10.1. The van der Waals surface area contributed by atoms with Crippen molar-refractivity contribution in [3.8, 4) is 5.75 Å². The van der Waals surface area contributed by atoms with Gasteiger partial charge in [0, 0.05) is 44.8 Å². The lowest BCUT2D eigenvalue weighted by molar-refractivity contribution is -0.126. The molecule has 2 heterocycles. The number of rotatable bonds is 9. The van der Waals surface area contributed by atoms with E-state index in [1.807, 2.05) is 24.3 Å². The predicted octanol–water partition coefficient (Wildman–Crippen LogP) is 2.33. The molecule has 2 aromatic rings. The van der Waals surface area contributed by atoms with Crippen LogP contribution in [0.2, 0.25) is 0 Å². The third kappa shape index (κ3) is 6.06. The van der Waals surface area contributed by atoms with Crippen LogP contribution in [-0.2, 0) is 17.9 Å². The molecule has 2 aromatic carbocycles. The molecule has 4 rings (SSSR count). The van der Waals surface area contributed by atoms with Gasteiger partial charge in [0.05, 0.1) is 0 Å². The van der Waals surface area contributed by atoms with E-state index in [2.05, 4.69) is 45.0 Å². The fraction of sp³-hybridized carbons (Fsp3) is 0.480. The summed E-state index contributed by atoms with van der Waals surface area (Å²) >= 11 is 0.